The lowest BCUT2D eigenvalue weighted by atomic mass is 9.92. The van der Waals surface area contributed by atoms with Gasteiger partial charge in [0.2, 0.25) is 11.8 Å². The molecule has 16 heteroatoms. The lowest BCUT2D eigenvalue weighted by molar-refractivity contribution is -0.138. The molecular formula is C52H66N14O2. The van der Waals surface area contributed by atoms with E-state index >= 15 is 0 Å². The van der Waals surface area contributed by atoms with Crippen LogP contribution in [0.5, 0.6) is 0 Å². The number of anilines is 2. The number of likely N-dealkylation sites (N-methyl/N-ethyl adjacent to an activating group) is 1. The molecule has 68 heavy (non-hydrogen) atoms. The monoisotopic (exact) mass is 919 g/mol. The Labute approximate surface area is 399 Å². The molecule has 2 aromatic carbocycles. The molecule has 16 nitrogen and oxygen atoms in total. The molecule has 4 aromatic heterocycles. The van der Waals surface area contributed by atoms with Crippen LogP contribution in [0, 0.1) is 39.5 Å². The molecule has 9 heterocycles. The molecular weight excluding hydrogens is 853 g/mol. The van der Waals surface area contributed by atoms with Crippen molar-refractivity contribution in [3.63, 3.8) is 0 Å². The van der Waals surface area contributed by atoms with Crippen LogP contribution in [-0.4, -0.2) is 151 Å². The number of piperidine rings is 3. The van der Waals surface area contributed by atoms with Crippen molar-refractivity contribution in [2.24, 2.45) is 11.8 Å². The number of carbonyl (C=O) groups excluding carboxylic acids is 2. The number of hydrogen-bond donors (Lipinski definition) is 1. The zero-order valence-corrected chi connectivity index (χ0v) is 40.5. The molecule has 1 N–H and O–H groups in total. The summed E-state index contributed by atoms with van der Waals surface area (Å²) < 4.78 is 4.01. The predicted molar refractivity (Wildman–Crippen MR) is 266 cm³/mol. The Morgan fingerprint density at radius 3 is 1.59 bits per heavy atom. The number of benzene rings is 2. The molecule has 5 aliphatic rings. The Balaban J connectivity index is 0.910. The minimum atomic E-state index is 0.00752. The number of carbonyl (C=O) groups is 2. The van der Waals surface area contributed by atoms with E-state index in [0.717, 1.165) is 140 Å². The molecule has 0 aliphatic carbocycles. The highest BCUT2D eigenvalue weighted by Gasteiger charge is 2.36. The standard InChI is InChI=1S/C52H66N14O2/c1-33-7-12-41(13-8-33)65-35(3)44-46(54-56-50(48(44)58-65)62-25-17-37(18-26-62)11-16-43(67)53-39-31-60(5)32-39)47-45-36(4)66(42-14-9-34(2)10-15-42)59-49(45)51(57-55-47)63-27-19-38(20-28-63)52(68)64-29-21-40(22-30-64)61-23-6-24-61/h7-10,12-15,37-40H,6,11,16-32H2,1-5H3,(H,53,67). The molecule has 356 valence electrons. The summed E-state index contributed by atoms with van der Waals surface area (Å²) in [5, 5.41) is 35.8. The second kappa shape index (κ2) is 18.5. The minimum absolute atomic E-state index is 0.00752. The molecule has 0 atom stereocenters. The molecule has 5 fully saturated rings. The number of amides is 2. The number of nitrogens with one attached hydrogen (secondary N) is 1. The maximum atomic E-state index is 13.9. The molecule has 0 bridgehead atoms. The first-order valence-electron chi connectivity index (χ1n) is 25.2. The lowest BCUT2D eigenvalue weighted by Gasteiger charge is -2.44. The quantitative estimate of drug-likeness (QED) is 0.158. The zero-order valence-electron chi connectivity index (χ0n) is 40.5. The third-order valence-corrected chi connectivity index (χ3v) is 15.9. The van der Waals surface area contributed by atoms with Gasteiger partial charge in [0, 0.05) is 70.7 Å². The number of aryl methyl sites for hydroxylation is 4. The van der Waals surface area contributed by atoms with E-state index in [1.54, 1.807) is 0 Å². The highest BCUT2D eigenvalue weighted by Crippen LogP contribution is 2.41. The van der Waals surface area contributed by atoms with E-state index < -0.39 is 0 Å². The normalized spacial score (nSPS) is 19.5. The first-order valence-corrected chi connectivity index (χ1v) is 25.2. The number of fused-ring (bicyclic) bond motifs is 2. The van der Waals surface area contributed by atoms with E-state index in [9.17, 15) is 9.59 Å². The predicted octanol–water partition coefficient (Wildman–Crippen LogP) is 6.18. The van der Waals surface area contributed by atoms with E-state index in [2.05, 4.69) is 113 Å². The van der Waals surface area contributed by atoms with Crippen molar-refractivity contribution in [2.75, 3.05) is 82.3 Å². The van der Waals surface area contributed by atoms with E-state index in [0.29, 0.717) is 48.8 Å². The zero-order chi connectivity index (χ0) is 46.6. The Morgan fingerprint density at radius 1 is 0.618 bits per heavy atom. The van der Waals surface area contributed by atoms with Crippen molar-refractivity contribution in [1.29, 1.82) is 0 Å². The Bertz CT molecular complexity index is 2800. The molecule has 11 rings (SSSR count). The molecule has 5 saturated heterocycles. The van der Waals surface area contributed by atoms with Crippen molar-refractivity contribution in [3.05, 3.63) is 71.0 Å². The second-order valence-electron chi connectivity index (χ2n) is 20.5. The van der Waals surface area contributed by atoms with Gasteiger partial charge in [-0.25, -0.2) is 9.36 Å². The van der Waals surface area contributed by atoms with Gasteiger partial charge >= 0.3 is 0 Å². The van der Waals surface area contributed by atoms with Crippen molar-refractivity contribution in [3.8, 4) is 22.8 Å². The average molecular weight is 919 g/mol. The summed E-state index contributed by atoms with van der Waals surface area (Å²) in [5.74, 6) is 2.43. The first-order chi connectivity index (χ1) is 33.1. The maximum Gasteiger partial charge on any atom is 0.225 e. The first kappa shape index (κ1) is 44.5. The summed E-state index contributed by atoms with van der Waals surface area (Å²) in [7, 11) is 2.08. The molecule has 0 radical (unpaired) electrons. The molecule has 5 aliphatic heterocycles. The molecule has 0 unspecified atom stereocenters. The molecule has 0 saturated carbocycles. The van der Waals surface area contributed by atoms with Gasteiger partial charge in [0.15, 0.2) is 11.6 Å². The summed E-state index contributed by atoms with van der Waals surface area (Å²) in [6, 6.07) is 17.8. The maximum absolute atomic E-state index is 13.9. The summed E-state index contributed by atoms with van der Waals surface area (Å²) in [6.45, 7) is 17.4. The van der Waals surface area contributed by atoms with Crippen LogP contribution in [-0.2, 0) is 9.59 Å². The van der Waals surface area contributed by atoms with Crippen LogP contribution in [0.4, 0.5) is 11.6 Å². The van der Waals surface area contributed by atoms with Crippen LogP contribution in [0.3, 0.4) is 0 Å². The molecule has 2 amide bonds. The largest absolute Gasteiger partial charge is 0.353 e. The highest BCUT2D eigenvalue weighted by molar-refractivity contribution is 6.07. The van der Waals surface area contributed by atoms with E-state index in [-0.39, 0.29) is 17.9 Å². The minimum Gasteiger partial charge on any atom is -0.353 e. The van der Waals surface area contributed by atoms with E-state index in [1.807, 2.05) is 9.36 Å². The van der Waals surface area contributed by atoms with Gasteiger partial charge in [0.1, 0.15) is 22.4 Å². The third-order valence-electron chi connectivity index (χ3n) is 15.9. The van der Waals surface area contributed by atoms with Crippen molar-refractivity contribution >= 4 is 45.3 Å². The van der Waals surface area contributed by atoms with Gasteiger partial charge in [-0.2, -0.15) is 10.2 Å². The summed E-state index contributed by atoms with van der Waals surface area (Å²) in [6.07, 6.45) is 8.39. The SMILES string of the molecule is Cc1ccc(-n2nc3c(N4CCC(CCC(=O)NC5CN(C)C5)CC4)nnc(-c4nnc(N5CCC(C(=O)N6CCC(N7CCC7)CC6)CC5)c5nn(-c6ccc(C)cc6)c(C)c45)c3c2C)cc1. The van der Waals surface area contributed by atoms with Gasteiger partial charge in [0.05, 0.1) is 39.6 Å². The number of rotatable bonds is 11. The summed E-state index contributed by atoms with van der Waals surface area (Å²) in [4.78, 5) is 38.2. The number of aromatic nitrogens is 8. The topological polar surface area (TPSA) is 150 Å². The Hall–Kier alpha value is -6.00. The highest BCUT2D eigenvalue weighted by atomic mass is 16.2. The third kappa shape index (κ3) is 8.47. The molecule has 6 aromatic rings. The van der Waals surface area contributed by atoms with E-state index in [4.69, 9.17) is 30.6 Å². The van der Waals surface area contributed by atoms with Gasteiger partial charge in [0.25, 0.3) is 0 Å². The van der Waals surface area contributed by atoms with Gasteiger partial charge in [-0.1, -0.05) is 35.4 Å². The number of nitrogens with zero attached hydrogens (tertiary/aromatic N) is 13. The van der Waals surface area contributed by atoms with Crippen LogP contribution in [0.2, 0.25) is 0 Å². The van der Waals surface area contributed by atoms with Gasteiger partial charge in [-0.05, 0) is 129 Å². The van der Waals surface area contributed by atoms with Gasteiger partial charge in [-0.3, -0.25) is 9.59 Å². The number of likely N-dealkylation sites (tertiary alicyclic amines) is 3. The Morgan fingerprint density at radius 2 is 1.12 bits per heavy atom. The van der Waals surface area contributed by atoms with Crippen LogP contribution >= 0.6 is 0 Å². The lowest BCUT2D eigenvalue weighted by Crippen LogP contribution is -2.57. The summed E-state index contributed by atoms with van der Waals surface area (Å²) in [5.41, 5.74) is 8.90. The van der Waals surface area contributed by atoms with Crippen LogP contribution < -0.4 is 15.1 Å². The fourth-order valence-corrected chi connectivity index (χ4v) is 11.5. The average Bonchev–Trinajstić information content (AvgIpc) is 3.87. The van der Waals surface area contributed by atoms with Crippen molar-refractivity contribution in [1.82, 2.24) is 60.0 Å². The van der Waals surface area contributed by atoms with Crippen LogP contribution in [0.25, 0.3) is 44.6 Å². The van der Waals surface area contributed by atoms with Crippen molar-refractivity contribution in [2.45, 2.75) is 97.6 Å². The second-order valence-corrected chi connectivity index (χ2v) is 20.5. The van der Waals surface area contributed by atoms with Crippen LogP contribution in [0.1, 0.15) is 80.3 Å². The summed E-state index contributed by atoms with van der Waals surface area (Å²) >= 11 is 0. The van der Waals surface area contributed by atoms with Crippen molar-refractivity contribution < 1.29 is 9.59 Å². The number of hydrogen-bond acceptors (Lipinski definition) is 12. The van der Waals surface area contributed by atoms with Gasteiger partial charge in [-0.15, -0.1) is 20.4 Å². The molecule has 0 spiro atoms. The van der Waals surface area contributed by atoms with Gasteiger partial charge < -0.3 is 29.8 Å². The Kier molecular flexibility index (Phi) is 12.1. The van der Waals surface area contributed by atoms with E-state index in [1.165, 1.54) is 30.6 Å². The fraction of sp³-hybridized carbons (Fsp3) is 0.538. The smallest absolute Gasteiger partial charge is 0.225 e. The van der Waals surface area contributed by atoms with Crippen LogP contribution in [0.15, 0.2) is 48.5 Å². The fourth-order valence-electron chi connectivity index (χ4n) is 11.5.